The lowest BCUT2D eigenvalue weighted by molar-refractivity contribution is -0.142. The second kappa shape index (κ2) is 4.85. The monoisotopic (exact) mass is 158 g/mol. The van der Waals surface area contributed by atoms with Gasteiger partial charge in [0.1, 0.15) is 0 Å². The van der Waals surface area contributed by atoms with Crippen molar-refractivity contribution >= 4 is 11.8 Å². The highest BCUT2D eigenvalue weighted by atomic mass is 16.2. The number of nitrogens with zero attached hydrogens (tertiary/aromatic N) is 1. The molecule has 0 saturated carbocycles. The van der Waals surface area contributed by atoms with Crippen molar-refractivity contribution in [2.24, 2.45) is 0 Å². The molecule has 1 N–H and O–H groups in total. The molecule has 0 atom stereocenters. The minimum Gasteiger partial charge on any atom is -0.311 e. The molecule has 4 heteroatoms. The molecule has 0 bridgehead atoms. The molecule has 4 nitrogen and oxygen atoms in total. The first-order chi connectivity index (χ1) is 5.13. The van der Waals surface area contributed by atoms with Gasteiger partial charge in [0.05, 0.1) is 6.54 Å². The molecule has 0 spiro atoms. The zero-order valence-corrected chi connectivity index (χ0v) is 7.18. The van der Waals surface area contributed by atoms with E-state index >= 15 is 0 Å². The molecule has 0 heterocycles. The predicted molar refractivity (Wildman–Crippen MR) is 42.0 cm³/mol. The summed E-state index contributed by atoms with van der Waals surface area (Å²) in [5.74, 6) is -0.379. The fourth-order valence-corrected chi connectivity index (χ4v) is 0.821. The van der Waals surface area contributed by atoms with E-state index in [1.165, 1.54) is 11.8 Å². The van der Waals surface area contributed by atoms with E-state index in [4.69, 9.17) is 0 Å². The number of amides is 2. The molecule has 0 fully saturated rings. The Morgan fingerprint density at radius 3 is 2.27 bits per heavy atom. The van der Waals surface area contributed by atoms with Gasteiger partial charge in [0.2, 0.25) is 11.8 Å². The van der Waals surface area contributed by atoms with Gasteiger partial charge in [-0.15, -0.1) is 0 Å². The van der Waals surface area contributed by atoms with Crippen molar-refractivity contribution in [3.63, 3.8) is 0 Å². The van der Waals surface area contributed by atoms with Crippen molar-refractivity contribution < 1.29 is 9.59 Å². The van der Waals surface area contributed by atoms with Crippen molar-refractivity contribution in [1.29, 1.82) is 0 Å². The highest BCUT2D eigenvalue weighted by Gasteiger charge is 2.13. The molecule has 0 aliphatic carbocycles. The maximum atomic E-state index is 11.1. The number of hydrogen-bond donors (Lipinski definition) is 1. The highest BCUT2D eigenvalue weighted by Crippen LogP contribution is 1.88. The van der Waals surface area contributed by atoms with Crippen LogP contribution in [-0.2, 0) is 9.59 Å². The van der Waals surface area contributed by atoms with E-state index < -0.39 is 0 Å². The van der Waals surface area contributed by atoms with Gasteiger partial charge in [-0.05, 0) is 14.0 Å². The molecule has 0 saturated heterocycles. The summed E-state index contributed by atoms with van der Waals surface area (Å²) in [5, 5.41) is 2.69. The molecule has 0 unspecified atom stereocenters. The lowest BCUT2D eigenvalue weighted by Gasteiger charge is -2.15. The van der Waals surface area contributed by atoms with Crippen LogP contribution in [0.2, 0.25) is 0 Å². The van der Waals surface area contributed by atoms with E-state index in [1.807, 2.05) is 0 Å². The van der Waals surface area contributed by atoms with Crippen LogP contribution in [0.3, 0.4) is 0 Å². The summed E-state index contributed by atoms with van der Waals surface area (Å²) in [6.45, 7) is 3.81. The molecule has 11 heavy (non-hydrogen) atoms. The van der Waals surface area contributed by atoms with Gasteiger partial charge in [-0.1, -0.05) is 0 Å². The second-order valence-electron chi connectivity index (χ2n) is 2.19. The van der Waals surface area contributed by atoms with Crippen molar-refractivity contribution in [3.05, 3.63) is 0 Å². The maximum absolute atomic E-state index is 11.1. The highest BCUT2D eigenvalue weighted by molar-refractivity contribution is 5.95. The van der Waals surface area contributed by atoms with Crippen LogP contribution in [-0.4, -0.2) is 36.9 Å². The average molecular weight is 158 g/mol. The van der Waals surface area contributed by atoms with Gasteiger partial charge < -0.3 is 5.32 Å². The Balaban J connectivity index is 4.03. The van der Waals surface area contributed by atoms with Crippen LogP contribution in [0.25, 0.3) is 0 Å². The molecular weight excluding hydrogens is 144 g/mol. The smallest absolute Gasteiger partial charge is 0.243 e. The zero-order valence-electron chi connectivity index (χ0n) is 7.18. The van der Waals surface area contributed by atoms with Crippen molar-refractivity contribution in [2.75, 3.05) is 20.1 Å². The van der Waals surface area contributed by atoms with E-state index in [1.54, 1.807) is 14.0 Å². The number of likely N-dealkylation sites (N-methyl/N-ethyl adjacent to an activating group) is 2. The van der Waals surface area contributed by atoms with Gasteiger partial charge in [-0.3, -0.25) is 14.5 Å². The summed E-state index contributed by atoms with van der Waals surface area (Å²) in [5.41, 5.74) is 0. The second-order valence-corrected chi connectivity index (χ2v) is 2.19. The first-order valence-electron chi connectivity index (χ1n) is 3.59. The van der Waals surface area contributed by atoms with Crippen molar-refractivity contribution in [3.8, 4) is 0 Å². The molecule has 0 aliphatic heterocycles. The number of carbonyl (C=O) groups is 2. The van der Waals surface area contributed by atoms with E-state index in [9.17, 15) is 9.59 Å². The Labute approximate surface area is 66.6 Å². The van der Waals surface area contributed by atoms with Crippen LogP contribution < -0.4 is 5.32 Å². The minimum absolute atomic E-state index is 0.178. The van der Waals surface area contributed by atoms with Crippen LogP contribution in [0.5, 0.6) is 0 Å². The van der Waals surface area contributed by atoms with Gasteiger partial charge in [-0.25, -0.2) is 0 Å². The van der Waals surface area contributed by atoms with E-state index in [0.29, 0.717) is 6.54 Å². The van der Waals surface area contributed by atoms with Gasteiger partial charge in [0.25, 0.3) is 0 Å². The average Bonchev–Trinajstić information content (AvgIpc) is 1.88. The Kier molecular flexibility index (Phi) is 4.45. The first-order valence-corrected chi connectivity index (χ1v) is 3.59. The summed E-state index contributed by atoms with van der Waals surface area (Å²) < 4.78 is 0. The molecule has 64 valence electrons. The molecule has 2 amide bonds. The van der Waals surface area contributed by atoms with Gasteiger partial charge in [0.15, 0.2) is 0 Å². The number of nitrogens with one attached hydrogen (secondary N) is 1. The molecule has 0 rings (SSSR count). The fraction of sp³-hybridized carbons (Fsp3) is 0.714. The van der Waals surface area contributed by atoms with Crippen molar-refractivity contribution in [1.82, 2.24) is 10.2 Å². The number of hydrogen-bond acceptors (Lipinski definition) is 3. The number of rotatable bonds is 3. The fourth-order valence-electron chi connectivity index (χ4n) is 0.821. The van der Waals surface area contributed by atoms with E-state index in [2.05, 4.69) is 5.32 Å². The number of carbonyl (C=O) groups excluding carboxylic acids is 2. The third kappa shape index (κ3) is 3.13. The summed E-state index contributed by atoms with van der Waals surface area (Å²) in [7, 11) is 1.67. The molecular formula is C7H14N2O2. The normalized spacial score (nSPS) is 9.36. The van der Waals surface area contributed by atoms with Crippen molar-refractivity contribution in [2.45, 2.75) is 13.8 Å². The first kappa shape index (κ1) is 10.1. The quantitative estimate of drug-likeness (QED) is 0.608. The van der Waals surface area contributed by atoms with Crippen LogP contribution in [0.15, 0.2) is 0 Å². The summed E-state index contributed by atoms with van der Waals surface area (Å²) in [6.07, 6.45) is 0. The molecule has 0 aromatic rings. The Morgan fingerprint density at radius 1 is 1.45 bits per heavy atom. The molecule has 0 aliphatic rings. The third-order valence-electron chi connectivity index (χ3n) is 1.33. The van der Waals surface area contributed by atoms with Gasteiger partial charge in [0, 0.05) is 13.5 Å². The molecule has 0 aromatic carbocycles. The summed E-state index contributed by atoms with van der Waals surface area (Å²) in [6, 6.07) is 0. The Hall–Kier alpha value is -0.900. The summed E-state index contributed by atoms with van der Waals surface area (Å²) >= 11 is 0. The minimum atomic E-state index is -0.201. The standard InChI is InChI=1S/C7H14N2O2/c1-4-9(6(2)10)7(11)5-8-3/h8H,4-5H2,1-3H3. The summed E-state index contributed by atoms with van der Waals surface area (Å²) in [4.78, 5) is 23.0. The Bertz CT molecular complexity index is 157. The topological polar surface area (TPSA) is 49.4 Å². The van der Waals surface area contributed by atoms with Crippen LogP contribution in [0.4, 0.5) is 0 Å². The van der Waals surface area contributed by atoms with Crippen LogP contribution in [0, 0.1) is 0 Å². The van der Waals surface area contributed by atoms with Gasteiger partial charge in [-0.2, -0.15) is 0 Å². The number of imide groups is 1. The third-order valence-corrected chi connectivity index (χ3v) is 1.33. The Morgan fingerprint density at radius 2 is 2.00 bits per heavy atom. The van der Waals surface area contributed by atoms with Gasteiger partial charge >= 0.3 is 0 Å². The van der Waals surface area contributed by atoms with Crippen LogP contribution in [0.1, 0.15) is 13.8 Å². The molecule has 0 aromatic heterocycles. The molecule has 0 radical (unpaired) electrons. The lowest BCUT2D eigenvalue weighted by atomic mass is 10.4. The van der Waals surface area contributed by atoms with Crippen LogP contribution >= 0.6 is 0 Å². The van der Waals surface area contributed by atoms with E-state index in [0.717, 1.165) is 0 Å². The lowest BCUT2D eigenvalue weighted by Crippen LogP contribution is -2.39. The SMILES string of the molecule is CCN(C(C)=O)C(=O)CNC. The largest absolute Gasteiger partial charge is 0.311 e. The zero-order chi connectivity index (χ0) is 8.85. The predicted octanol–water partition coefficient (Wildman–Crippen LogP) is -0.399. The van der Waals surface area contributed by atoms with E-state index in [-0.39, 0.29) is 18.4 Å². The maximum Gasteiger partial charge on any atom is 0.243 e.